The summed E-state index contributed by atoms with van der Waals surface area (Å²) < 4.78 is 5.20. The third-order valence-electron chi connectivity index (χ3n) is 2.20. The highest BCUT2D eigenvalue weighted by atomic mass is 16.6. The molecule has 0 aromatic heterocycles. The molecule has 3 nitrogen and oxygen atoms in total. The summed E-state index contributed by atoms with van der Waals surface area (Å²) in [5.41, 5.74) is 0. The van der Waals surface area contributed by atoms with E-state index in [1.54, 1.807) is 0 Å². The minimum absolute atomic E-state index is 0.186. The van der Waals surface area contributed by atoms with Gasteiger partial charge in [0.1, 0.15) is 0 Å². The third kappa shape index (κ3) is 12.1. The summed E-state index contributed by atoms with van der Waals surface area (Å²) in [6.45, 7) is 14.0. The van der Waals surface area contributed by atoms with Crippen LogP contribution >= 0.6 is 0 Å². The van der Waals surface area contributed by atoms with E-state index in [0.717, 1.165) is 12.8 Å². The predicted octanol–water partition coefficient (Wildman–Crippen LogP) is 3.51. The van der Waals surface area contributed by atoms with Gasteiger partial charge in [0, 0.05) is 12.5 Å². The van der Waals surface area contributed by atoms with Crippen molar-refractivity contribution >= 4 is 0 Å². The van der Waals surface area contributed by atoms with Gasteiger partial charge in [-0.3, -0.25) is 0 Å². The number of aliphatic hydroxyl groups is 1. The van der Waals surface area contributed by atoms with Crippen LogP contribution in [-0.2, 0) is 4.74 Å². The first-order chi connectivity index (χ1) is 8.09. The van der Waals surface area contributed by atoms with E-state index >= 15 is 0 Å². The maximum absolute atomic E-state index is 9.25. The van der Waals surface area contributed by atoms with Crippen molar-refractivity contribution in [3.05, 3.63) is 0 Å². The monoisotopic (exact) mass is 249 g/mol. The second kappa shape index (κ2) is 15.9. The summed E-state index contributed by atoms with van der Waals surface area (Å²) in [5.74, 6) is 0. The van der Waals surface area contributed by atoms with E-state index in [9.17, 15) is 5.11 Å². The van der Waals surface area contributed by atoms with Gasteiger partial charge in [0.15, 0.2) is 6.29 Å². The molecule has 3 atom stereocenters. The van der Waals surface area contributed by atoms with E-state index in [1.165, 1.54) is 0 Å². The average molecular weight is 249 g/mol. The summed E-state index contributed by atoms with van der Waals surface area (Å²) in [6, 6.07) is 0.466. The standard InChI is InChI=1S/C8H17NO2.3C2H6/c1-6-4-7(9(2)3)5-8(10)11-6;3*1-2/h6-8,10H,4-5H2,1-3H3;3*1-2H3/t6-,7+,8-;;;/m1.../s1. The van der Waals surface area contributed by atoms with Crippen molar-refractivity contribution in [2.75, 3.05) is 14.1 Å². The lowest BCUT2D eigenvalue weighted by molar-refractivity contribution is -0.172. The molecule has 1 fully saturated rings. The molecule has 1 N–H and O–H groups in total. The lowest BCUT2D eigenvalue weighted by Gasteiger charge is -2.34. The SMILES string of the molecule is CC.CC.CC.C[C@@H]1C[C@H](N(C)C)C[C@H](O)O1. The molecule has 1 saturated heterocycles. The summed E-state index contributed by atoms with van der Waals surface area (Å²) in [5, 5.41) is 9.25. The van der Waals surface area contributed by atoms with Gasteiger partial charge in [0.05, 0.1) is 6.10 Å². The van der Waals surface area contributed by atoms with Crippen molar-refractivity contribution < 1.29 is 9.84 Å². The van der Waals surface area contributed by atoms with Gasteiger partial charge in [-0.25, -0.2) is 0 Å². The molecule has 1 aliphatic heterocycles. The molecule has 0 unspecified atom stereocenters. The summed E-state index contributed by atoms with van der Waals surface area (Å²) in [7, 11) is 4.07. The highest BCUT2D eigenvalue weighted by Crippen LogP contribution is 2.20. The molecule has 0 radical (unpaired) electrons. The van der Waals surface area contributed by atoms with Crippen LogP contribution in [0.15, 0.2) is 0 Å². The summed E-state index contributed by atoms with van der Waals surface area (Å²) in [6.07, 6.45) is 1.37. The molecule has 108 valence electrons. The Labute approximate surface area is 109 Å². The Morgan fingerprint density at radius 1 is 0.941 bits per heavy atom. The number of ether oxygens (including phenoxy) is 1. The Morgan fingerprint density at radius 2 is 1.35 bits per heavy atom. The van der Waals surface area contributed by atoms with E-state index < -0.39 is 6.29 Å². The van der Waals surface area contributed by atoms with Crippen LogP contribution in [0.5, 0.6) is 0 Å². The lowest BCUT2D eigenvalue weighted by Crippen LogP contribution is -2.41. The average Bonchev–Trinajstić information content (AvgIpc) is 2.35. The Balaban J connectivity index is -0.000000285. The minimum atomic E-state index is -0.564. The van der Waals surface area contributed by atoms with Crippen LogP contribution in [0.4, 0.5) is 0 Å². The highest BCUT2D eigenvalue weighted by molar-refractivity contribution is 4.75. The van der Waals surface area contributed by atoms with Gasteiger partial charge in [-0.05, 0) is 27.4 Å². The van der Waals surface area contributed by atoms with Gasteiger partial charge in [-0.2, -0.15) is 0 Å². The predicted molar refractivity (Wildman–Crippen MR) is 77.3 cm³/mol. The van der Waals surface area contributed by atoms with E-state index in [2.05, 4.69) is 4.90 Å². The number of aliphatic hydroxyl groups excluding tert-OH is 1. The fourth-order valence-electron chi connectivity index (χ4n) is 1.51. The van der Waals surface area contributed by atoms with E-state index in [4.69, 9.17) is 4.74 Å². The Hall–Kier alpha value is -0.120. The van der Waals surface area contributed by atoms with E-state index in [0.29, 0.717) is 6.04 Å². The van der Waals surface area contributed by atoms with Gasteiger partial charge in [-0.1, -0.05) is 41.5 Å². The summed E-state index contributed by atoms with van der Waals surface area (Å²) in [4.78, 5) is 2.14. The van der Waals surface area contributed by atoms with Crippen LogP contribution < -0.4 is 0 Å². The van der Waals surface area contributed by atoms with Crippen molar-refractivity contribution in [3.63, 3.8) is 0 Å². The molecular formula is C14H35NO2. The van der Waals surface area contributed by atoms with Crippen molar-refractivity contribution in [3.8, 4) is 0 Å². The summed E-state index contributed by atoms with van der Waals surface area (Å²) >= 11 is 0. The van der Waals surface area contributed by atoms with Crippen molar-refractivity contribution in [2.45, 2.75) is 79.7 Å². The minimum Gasteiger partial charge on any atom is -0.368 e. The smallest absolute Gasteiger partial charge is 0.156 e. The van der Waals surface area contributed by atoms with Crippen molar-refractivity contribution in [2.24, 2.45) is 0 Å². The first-order valence-corrected chi connectivity index (χ1v) is 7.09. The fraction of sp³-hybridized carbons (Fsp3) is 1.00. The van der Waals surface area contributed by atoms with Crippen molar-refractivity contribution in [1.82, 2.24) is 4.90 Å². The molecule has 0 aromatic carbocycles. The Morgan fingerprint density at radius 3 is 1.65 bits per heavy atom. The first-order valence-electron chi connectivity index (χ1n) is 7.09. The topological polar surface area (TPSA) is 32.7 Å². The zero-order chi connectivity index (χ0) is 14.4. The molecule has 1 aliphatic rings. The molecule has 1 heterocycles. The molecule has 0 aliphatic carbocycles. The zero-order valence-electron chi connectivity index (χ0n) is 13.4. The van der Waals surface area contributed by atoms with Gasteiger partial charge in [0.2, 0.25) is 0 Å². The lowest BCUT2D eigenvalue weighted by atomic mass is 10.0. The van der Waals surface area contributed by atoms with Gasteiger partial charge >= 0.3 is 0 Å². The maximum atomic E-state index is 9.25. The highest BCUT2D eigenvalue weighted by Gasteiger charge is 2.26. The third-order valence-corrected chi connectivity index (χ3v) is 2.20. The molecule has 17 heavy (non-hydrogen) atoms. The molecule has 0 aromatic rings. The van der Waals surface area contributed by atoms with Crippen LogP contribution in [-0.4, -0.2) is 42.5 Å². The molecule has 0 bridgehead atoms. The van der Waals surface area contributed by atoms with Crippen LogP contribution in [0.1, 0.15) is 61.3 Å². The Kier molecular flexibility index (Phi) is 20.6. The molecule has 1 rings (SSSR count). The molecule has 3 heteroatoms. The number of rotatable bonds is 1. The van der Waals surface area contributed by atoms with Gasteiger partial charge in [0.25, 0.3) is 0 Å². The Bertz CT molecular complexity index is 119. The second-order valence-electron chi connectivity index (χ2n) is 3.49. The quantitative estimate of drug-likeness (QED) is 0.772. The largest absolute Gasteiger partial charge is 0.368 e. The molecule has 0 saturated carbocycles. The molecule has 0 amide bonds. The van der Waals surface area contributed by atoms with E-state index in [-0.39, 0.29) is 6.10 Å². The first kappa shape index (κ1) is 22.1. The van der Waals surface area contributed by atoms with Crippen LogP contribution in [0.25, 0.3) is 0 Å². The second-order valence-corrected chi connectivity index (χ2v) is 3.49. The maximum Gasteiger partial charge on any atom is 0.156 e. The fourth-order valence-corrected chi connectivity index (χ4v) is 1.51. The number of hydrogen-bond donors (Lipinski definition) is 1. The van der Waals surface area contributed by atoms with Crippen molar-refractivity contribution in [1.29, 1.82) is 0 Å². The molecular weight excluding hydrogens is 214 g/mol. The molecule has 0 spiro atoms. The number of hydrogen-bond acceptors (Lipinski definition) is 3. The number of nitrogens with zero attached hydrogens (tertiary/aromatic N) is 1. The van der Waals surface area contributed by atoms with Crippen LogP contribution in [0.3, 0.4) is 0 Å². The van der Waals surface area contributed by atoms with Gasteiger partial charge < -0.3 is 14.7 Å². The zero-order valence-corrected chi connectivity index (χ0v) is 13.4. The van der Waals surface area contributed by atoms with Crippen LogP contribution in [0.2, 0.25) is 0 Å². The van der Waals surface area contributed by atoms with E-state index in [1.807, 2.05) is 62.6 Å². The van der Waals surface area contributed by atoms with Gasteiger partial charge in [-0.15, -0.1) is 0 Å². The normalized spacial score (nSPS) is 26.6. The van der Waals surface area contributed by atoms with Crippen LogP contribution in [0, 0.1) is 0 Å².